The maximum absolute atomic E-state index is 11.9. The number of anilines is 2. The Bertz CT molecular complexity index is 729. The molecule has 0 saturated heterocycles. The van der Waals surface area contributed by atoms with Gasteiger partial charge in [0.25, 0.3) is 0 Å². The Kier molecular flexibility index (Phi) is 6.94. The van der Waals surface area contributed by atoms with Gasteiger partial charge in [-0.3, -0.25) is 4.72 Å². The van der Waals surface area contributed by atoms with Gasteiger partial charge in [0.05, 0.1) is 5.75 Å². The number of benzene rings is 2. The summed E-state index contributed by atoms with van der Waals surface area (Å²) in [5, 5.41) is 4.06. The van der Waals surface area contributed by atoms with Crippen LogP contribution >= 0.6 is 11.6 Å². The van der Waals surface area contributed by atoms with Crippen molar-refractivity contribution < 1.29 is 8.42 Å². The van der Waals surface area contributed by atoms with Crippen LogP contribution in [0.3, 0.4) is 0 Å². The fraction of sp³-hybridized carbons (Fsp3) is 0.333. The minimum Gasteiger partial charge on any atom is -0.385 e. The van der Waals surface area contributed by atoms with Crippen molar-refractivity contribution in [3.8, 4) is 0 Å². The Morgan fingerprint density at radius 3 is 2.21 bits per heavy atom. The van der Waals surface area contributed by atoms with E-state index in [1.807, 2.05) is 43.3 Å². The van der Waals surface area contributed by atoms with Crippen molar-refractivity contribution in [3.05, 3.63) is 59.1 Å². The number of halogens is 1. The van der Waals surface area contributed by atoms with Gasteiger partial charge in [0, 0.05) is 22.9 Å². The molecule has 2 aromatic carbocycles. The summed E-state index contributed by atoms with van der Waals surface area (Å²) < 4.78 is 26.3. The molecule has 0 spiro atoms. The predicted octanol–water partition coefficient (Wildman–Crippen LogP) is 4.54. The summed E-state index contributed by atoms with van der Waals surface area (Å²) in [7, 11) is -3.25. The van der Waals surface area contributed by atoms with E-state index >= 15 is 0 Å². The van der Waals surface area contributed by atoms with Crippen molar-refractivity contribution in [3.63, 3.8) is 0 Å². The maximum Gasteiger partial charge on any atom is 0.232 e. The van der Waals surface area contributed by atoms with Gasteiger partial charge >= 0.3 is 0 Å². The molecule has 0 fully saturated rings. The van der Waals surface area contributed by atoms with Crippen molar-refractivity contribution in [1.29, 1.82) is 0 Å². The van der Waals surface area contributed by atoms with Crippen LogP contribution in [0.1, 0.15) is 25.3 Å². The zero-order chi connectivity index (χ0) is 17.4. The van der Waals surface area contributed by atoms with E-state index in [9.17, 15) is 8.42 Å². The second-order valence-electron chi connectivity index (χ2n) is 5.66. The molecule has 6 heteroatoms. The number of rotatable bonds is 9. The molecule has 0 bridgehead atoms. The van der Waals surface area contributed by atoms with E-state index < -0.39 is 10.0 Å². The Labute approximate surface area is 149 Å². The molecule has 2 rings (SSSR count). The van der Waals surface area contributed by atoms with E-state index in [0.29, 0.717) is 12.1 Å². The van der Waals surface area contributed by atoms with Crippen molar-refractivity contribution in [2.75, 3.05) is 22.3 Å². The molecule has 0 saturated carbocycles. The summed E-state index contributed by atoms with van der Waals surface area (Å²) >= 11 is 5.87. The largest absolute Gasteiger partial charge is 0.385 e. The van der Waals surface area contributed by atoms with Gasteiger partial charge in [-0.1, -0.05) is 37.1 Å². The van der Waals surface area contributed by atoms with Crippen LogP contribution in [0.2, 0.25) is 5.02 Å². The standard InChI is InChI=1S/C18H23ClN2O2S/c1-2-3-14-24(22,23)21-18-10-8-17(9-11-18)20-13-12-15-4-6-16(19)7-5-15/h4-11,20-21H,2-3,12-14H2,1H3. The molecule has 2 N–H and O–H groups in total. The first-order chi connectivity index (χ1) is 11.5. The number of sulfonamides is 1. The van der Waals surface area contributed by atoms with Gasteiger partial charge < -0.3 is 5.32 Å². The second kappa shape index (κ2) is 8.94. The first-order valence-electron chi connectivity index (χ1n) is 8.07. The van der Waals surface area contributed by atoms with E-state index in [1.54, 1.807) is 12.1 Å². The quantitative estimate of drug-likeness (QED) is 0.685. The maximum atomic E-state index is 11.9. The van der Waals surface area contributed by atoms with E-state index in [4.69, 9.17) is 11.6 Å². The van der Waals surface area contributed by atoms with Gasteiger partial charge in [0.2, 0.25) is 10.0 Å². The summed E-state index contributed by atoms with van der Waals surface area (Å²) in [5.41, 5.74) is 2.77. The topological polar surface area (TPSA) is 58.2 Å². The van der Waals surface area contributed by atoms with Gasteiger partial charge in [0.1, 0.15) is 0 Å². The molecule has 130 valence electrons. The number of hydrogen-bond donors (Lipinski definition) is 2. The molecule has 0 aliphatic heterocycles. The highest BCUT2D eigenvalue weighted by molar-refractivity contribution is 7.92. The smallest absolute Gasteiger partial charge is 0.232 e. The van der Waals surface area contributed by atoms with E-state index in [0.717, 1.165) is 30.1 Å². The number of hydrogen-bond acceptors (Lipinski definition) is 3. The fourth-order valence-corrected chi connectivity index (χ4v) is 3.62. The van der Waals surface area contributed by atoms with Crippen LogP contribution in [-0.4, -0.2) is 20.7 Å². The van der Waals surface area contributed by atoms with Gasteiger partial charge in [-0.15, -0.1) is 0 Å². The van der Waals surface area contributed by atoms with Crippen molar-refractivity contribution >= 4 is 33.0 Å². The third-order valence-corrected chi connectivity index (χ3v) is 5.21. The van der Waals surface area contributed by atoms with Crippen LogP contribution in [-0.2, 0) is 16.4 Å². The average Bonchev–Trinajstić information content (AvgIpc) is 2.56. The SMILES string of the molecule is CCCCS(=O)(=O)Nc1ccc(NCCc2ccc(Cl)cc2)cc1. The van der Waals surface area contributed by atoms with Crippen LogP contribution in [0.5, 0.6) is 0 Å². The fourth-order valence-electron chi connectivity index (χ4n) is 2.22. The average molecular weight is 367 g/mol. The van der Waals surface area contributed by atoms with Crippen molar-refractivity contribution in [2.45, 2.75) is 26.2 Å². The van der Waals surface area contributed by atoms with Gasteiger partial charge in [-0.25, -0.2) is 8.42 Å². The molecule has 0 unspecified atom stereocenters. The molecule has 0 aliphatic carbocycles. The van der Waals surface area contributed by atoms with E-state index in [-0.39, 0.29) is 5.75 Å². The molecular formula is C18H23ClN2O2S. The summed E-state index contributed by atoms with van der Waals surface area (Å²) in [6.45, 7) is 2.77. The summed E-state index contributed by atoms with van der Waals surface area (Å²) in [6.07, 6.45) is 2.42. The van der Waals surface area contributed by atoms with E-state index in [2.05, 4.69) is 10.0 Å². The van der Waals surface area contributed by atoms with Crippen LogP contribution in [0.25, 0.3) is 0 Å². The summed E-state index contributed by atoms with van der Waals surface area (Å²) in [6, 6.07) is 15.1. The summed E-state index contributed by atoms with van der Waals surface area (Å²) in [4.78, 5) is 0. The molecule has 4 nitrogen and oxygen atoms in total. The molecule has 0 radical (unpaired) electrons. The minimum absolute atomic E-state index is 0.157. The first-order valence-corrected chi connectivity index (χ1v) is 10.1. The van der Waals surface area contributed by atoms with Crippen LogP contribution in [0.4, 0.5) is 11.4 Å². The van der Waals surface area contributed by atoms with Gasteiger partial charge in [-0.05, 0) is 54.8 Å². The Morgan fingerprint density at radius 2 is 1.58 bits per heavy atom. The minimum atomic E-state index is -3.25. The van der Waals surface area contributed by atoms with Crippen molar-refractivity contribution in [2.24, 2.45) is 0 Å². The van der Waals surface area contributed by atoms with Crippen LogP contribution in [0, 0.1) is 0 Å². The predicted molar refractivity (Wildman–Crippen MR) is 102 cm³/mol. The lowest BCUT2D eigenvalue weighted by Gasteiger charge is -2.10. The Morgan fingerprint density at radius 1 is 0.958 bits per heavy atom. The molecule has 0 atom stereocenters. The number of unbranched alkanes of at least 4 members (excludes halogenated alkanes) is 1. The molecular weight excluding hydrogens is 344 g/mol. The van der Waals surface area contributed by atoms with Gasteiger partial charge in [-0.2, -0.15) is 0 Å². The number of nitrogens with one attached hydrogen (secondary N) is 2. The van der Waals surface area contributed by atoms with Crippen LogP contribution in [0.15, 0.2) is 48.5 Å². The molecule has 0 heterocycles. The first kappa shape index (κ1) is 18.6. The highest BCUT2D eigenvalue weighted by Gasteiger charge is 2.09. The second-order valence-corrected chi connectivity index (χ2v) is 7.93. The normalized spacial score (nSPS) is 11.2. The summed E-state index contributed by atoms with van der Waals surface area (Å²) in [5.74, 6) is 0.157. The van der Waals surface area contributed by atoms with Crippen LogP contribution < -0.4 is 10.0 Å². The molecule has 0 aliphatic rings. The monoisotopic (exact) mass is 366 g/mol. The lowest BCUT2D eigenvalue weighted by Crippen LogP contribution is -2.16. The zero-order valence-corrected chi connectivity index (χ0v) is 15.3. The van der Waals surface area contributed by atoms with E-state index in [1.165, 1.54) is 5.56 Å². The Hall–Kier alpha value is -1.72. The van der Waals surface area contributed by atoms with Gasteiger partial charge in [0.15, 0.2) is 0 Å². The molecule has 24 heavy (non-hydrogen) atoms. The Balaban J connectivity index is 1.82. The molecule has 2 aromatic rings. The molecule has 0 amide bonds. The zero-order valence-electron chi connectivity index (χ0n) is 13.8. The lowest BCUT2D eigenvalue weighted by molar-refractivity contribution is 0.598. The lowest BCUT2D eigenvalue weighted by atomic mass is 10.1. The highest BCUT2D eigenvalue weighted by Crippen LogP contribution is 2.16. The highest BCUT2D eigenvalue weighted by atomic mass is 35.5. The third-order valence-electron chi connectivity index (χ3n) is 3.58. The molecule has 0 aromatic heterocycles. The van der Waals surface area contributed by atoms with Crippen molar-refractivity contribution in [1.82, 2.24) is 0 Å². The third kappa shape index (κ3) is 6.42.